The van der Waals surface area contributed by atoms with Gasteiger partial charge in [0, 0.05) is 15.7 Å². The van der Waals surface area contributed by atoms with Crippen LogP contribution in [0.25, 0.3) is 0 Å². The fourth-order valence-corrected chi connectivity index (χ4v) is 2.15. The van der Waals surface area contributed by atoms with Gasteiger partial charge in [0.05, 0.1) is 5.69 Å². The molecule has 3 N–H and O–H groups in total. The molecule has 0 aliphatic carbocycles. The molecule has 2 rings (SSSR count). The standard InChI is InChI=1S/C13H9BrF2N2S/c14-10-5-7(15)1-4-12(10)18-8-2-3-9(13(17)19)11(16)6-8/h1-6,18H,(H2,17,19). The first-order valence-electron chi connectivity index (χ1n) is 5.29. The maximum atomic E-state index is 13.7. The topological polar surface area (TPSA) is 38.0 Å². The normalized spacial score (nSPS) is 10.3. The summed E-state index contributed by atoms with van der Waals surface area (Å²) in [4.78, 5) is 0.00649. The lowest BCUT2D eigenvalue weighted by Crippen LogP contribution is -2.11. The zero-order chi connectivity index (χ0) is 14.0. The van der Waals surface area contributed by atoms with Crippen molar-refractivity contribution in [1.29, 1.82) is 0 Å². The average Bonchev–Trinajstić information content (AvgIpc) is 2.32. The van der Waals surface area contributed by atoms with E-state index in [1.54, 1.807) is 12.1 Å². The number of nitrogens with one attached hydrogen (secondary N) is 1. The SMILES string of the molecule is NC(=S)c1ccc(Nc2ccc(F)cc2Br)cc1F. The second kappa shape index (κ2) is 5.63. The maximum absolute atomic E-state index is 13.7. The summed E-state index contributed by atoms with van der Waals surface area (Å²) >= 11 is 7.95. The summed E-state index contributed by atoms with van der Waals surface area (Å²) < 4.78 is 27.2. The molecule has 19 heavy (non-hydrogen) atoms. The van der Waals surface area contributed by atoms with E-state index < -0.39 is 5.82 Å². The Hall–Kier alpha value is -1.53. The molecule has 2 aromatic carbocycles. The molecule has 0 unspecified atom stereocenters. The van der Waals surface area contributed by atoms with E-state index >= 15 is 0 Å². The third kappa shape index (κ3) is 3.27. The average molecular weight is 343 g/mol. The van der Waals surface area contributed by atoms with Crippen LogP contribution in [-0.2, 0) is 0 Å². The molecule has 2 aromatic rings. The number of halogens is 3. The van der Waals surface area contributed by atoms with Gasteiger partial charge in [-0.15, -0.1) is 0 Å². The molecule has 6 heteroatoms. The Kier molecular flexibility index (Phi) is 4.11. The minimum atomic E-state index is -0.504. The first-order valence-corrected chi connectivity index (χ1v) is 6.49. The van der Waals surface area contributed by atoms with Gasteiger partial charge in [0.15, 0.2) is 0 Å². The molecule has 0 atom stereocenters. The van der Waals surface area contributed by atoms with Gasteiger partial charge in [-0.05, 0) is 52.3 Å². The van der Waals surface area contributed by atoms with Crippen molar-refractivity contribution in [2.45, 2.75) is 0 Å². The zero-order valence-corrected chi connectivity index (χ0v) is 12.0. The molecule has 98 valence electrons. The molecule has 0 aliphatic heterocycles. The van der Waals surface area contributed by atoms with Gasteiger partial charge >= 0.3 is 0 Å². The van der Waals surface area contributed by atoms with Crippen LogP contribution in [0.5, 0.6) is 0 Å². The van der Waals surface area contributed by atoms with Gasteiger partial charge in [0.2, 0.25) is 0 Å². The first kappa shape index (κ1) is 13.9. The highest BCUT2D eigenvalue weighted by Gasteiger charge is 2.07. The Bertz CT molecular complexity index is 647. The number of thiocarbonyl (C=S) groups is 1. The van der Waals surface area contributed by atoms with Crippen LogP contribution in [0.2, 0.25) is 0 Å². The Labute approximate surface area is 122 Å². The first-order chi connectivity index (χ1) is 8.97. The molecular weight excluding hydrogens is 334 g/mol. The van der Waals surface area contributed by atoms with Gasteiger partial charge in [-0.3, -0.25) is 0 Å². The van der Waals surface area contributed by atoms with Crippen LogP contribution in [0.1, 0.15) is 5.56 Å². The summed E-state index contributed by atoms with van der Waals surface area (Å²) in [6.07, 6.45) is 0. The maximum Gasteiger partial charge on any atom is 0.135 e. The molecule has 0 saturated heterocycles. The van der Waals surface area contributed by atoms with Gasteiger partial charge in [-0.1, -0.05) is 12.2 Å². The van der Waals surface area contributed by atoms with Gasteiger partial charge in [0.25, 0.3) is 0 Å². The molecule has 0 aromatic heterocycles. The number of benzene rings is 2. The Morgan fingerprint density at radius 1 is 1.16 bits per heavy atom. The van der Waals surface area contributed by atoms with Crippen molar-refractivity contribution in [3.05, 3.63) is 58.1 Å². The summed E-state index contributed by atoms with van der Waals surface area (Å²) in [5, 5.41) is 2.97. The molecule has 0 bridgehead atoms. The van der Waals surface area contributed by atoms with Crippen LogP contribution in [0.4, 0.5) is 20.2 Å². The van der Waals surface area contributed by atoms with E-state index in [2.05, 4.69) is 21.2 Å². The number of rotatable bonds is 3. The minimum Gasteiger partial charge on any atom is -0.389 e. The molecule has 0 fully saturated rings. The molecule has 2 nitrogen and oxygen atoms in total. The lowest BCUT2D eigenvalue weighted by molar-refractivity contribution is 0.625. The van der Waals surface area contributed by atoms with Gasteiger partial charge < -0.3 is 11.1 Å². The monoisotopic (exact) mass is 342 g/mol. The number of anilines is 2. The third-order valence-electron chi connectivity index (χ3n) is 2.44. The lowest BCUT2D eigenvalue weighted by Gasteiger charge is -2.10. The molecular formula is C13H9BrF2N2S. The van der Waals surface area contributed by atoms with Gasteiger partial charge in [-0.2, -0.15) is 0 Å². The van der Waals surface area contributed by atoms with Crippen molar-refractivity contribution < 1.29 is 8.78 Å². The highest BCUT2D eigenvalue weighted by atomic mass is 79.9. The summed E-state index contributed by atoms with van der Waals surface area (Å²) in [5.41, 5.74) is 6.72. The lowest BCUT2D eigenvalue weighted by atomic mass is 10.2. The van der Waals surface area contributed by atoms with Crippen molar-refractivity contribution >= 4 is 44.5 Å². The van der Waals surface area contributed by atoms with Crippen LogP contribution in [0.3, 0.4) is 0 Å². The summed E-state index contributed by atoms with van der Waals surface area (Å²) in [6, 6.07) is 8.61. The number of hydrogen-bond donors (Lipinski definition) is 2. The second-order valence-electron chi connectivity index (χ2n) is 3.81. The van der Waals surface area contributed by atoms with E-state index in [9.17, 15) is 8.78 Å². The number of hydrogen-bond acceptors (Lipinski definition) is 2. The molecule has 0 spiro atoms. The van der Waals surface area contributed by atoms with Crippen LogP contribution in [-0.4, -0.2) is 4.99 Å². The molecule has 0 radical (unpaired) electrons. The fraction of sp³-hybridized carbons (Fsp3) is 0. The zero-order valence-electron chi connectivity index (χ0n) is 9.58. The summed E-state index contributed by atoms with van der Waals surface area (Å²) in [7, 11) is 0. The Morgan fingerprint density at radius 3 is 2.47 bits per heavy atom. The molecule has 0 aliphatic rings. The van der Waals surface area contributed by atoms with Gasteiger partial charge in [0.1, 0.15) is 16.6 Å². The molecule has 0 amide bonds. The van der Waals surface area contributed by atoms with Gasteiger partial charge in [-0.25, -0.2) is 8.78 Å². The predicted molar refractivity (Wildman–Crippen MR) is 79.7 cm³/mol. The number of nitrogens with two attached hydrogens (primary N) is 1. The minimum absolute atomic E-state index is 0.00649. The van der Waals surface area contributed by atoms with Crippen LogP contribution >= 0.6 is 28.1 Å². The fourth-order valence-electron chi connectivity index (χ4n) is 1.54. The van der Waals surface area contributed by atoms with E-state index in [0.29, 0.717) is 15.8 Å². The largest absolute Gasteiger partial charge is 0.389 e. The molecule has 0 saturated carbocycles. The van der Waals surface area contributed by atoms with Crippen LogP contribution < -0.4 is 11.1 Å². The van der Waals surface area contributed by atoms with Crippen LogP contribution in [0.15, 0.2) is 40.9 Å². The summed E-state index contributed by atoms with van der Waals surface area (Å²) in [6.45, 7) is 0. The van der Waals surface area contributed by atoms with E-state index in [-0.39, 0.29) is 16.4 Å². The quantitative estimate of drug-likeness (QED) is 0.824. The smallest absolute Gasteiger partial charge is 0.135 e. The molecule has 0 heterocycles. The van der Waals surface area contributed by atoms with Crippen molar-refractivity contribution in [1.82, 2.24) is 0 Å². The van der Waals surface area contributed by atoms with Crippen molar-refractivity contribution in [2.75, 3.05) is 5.32 Å². The van der Waals surface area contributed by atoms with E-state index in [1.165, 1.54) is 24.3 Å². The van der Waals surface area contributed by atoms with Crippen molar-refractivity contribution in [2.24, 2.45) is 5.73 Å². The third-order valence-corrected chi connectivity index (χ3v) is 3.32. The highest BCUT2D eigenvalue weighted by Crippen LogP contribution is 2.27. The Balaban J connectivity index is 2.29. The highest BCUT2D eigenvalue weighted by molar-refractivity contribution is 9.10. The van der Waals surface area contributed by atoms with E-state index in [1.807, 2.05) is 0 Å². The predicted octanol–water partition coefficient (Wildman–Crippen LogP) is 4.11. The van der Waals surface area contributed by atoms with E-state index in [4.69, 9.17) is 18.0 Å². The summed E-state index contributed by atoms with van der Waals surface area (Å²) in [5.74, 6) is -0.858. The van der Waals surface area contributed by atoms with Crippen LogP contribution in [0, 0.1) is 11.6 Å². The Morgan fingerprint density at radius 2 is 1.89 bits per heavy atom. The second-order valence-corrected chi connectivity index (χ2v) is 5.10. The van der Waals surface area contributed by atoms with E-state index in [0.717, 1.165) is 0 Å². The van der Waals surface area contributed by atoms with Crippen molar-refractivity contribution in [3.63, 3.8) is 0 Å². The van der Waals surface area contributed by atoms with Crippen molar-refractivity contribution in [3.8, 4) is 0 Å².